The molecule has 2 rings (SSSR count). The maximum Gasteiger partial charge on any atom is 0.269 e. The molecule has 0 saturated carbocycles. The molecule has 0 aliphatic carbocycles. The molecular weight excluding hydrogens is 281 g/mol. The van der Waals surface area contributed by atoms with E-state index < -0.39 is 4.92 Å². The second kappa shape index (κ2) is 6.29. The van der Waals surface area contributed by atoms with Crippen LogP contribution in [0.15, 0.2) is 53.4 Å². The molecule has 0 bridgehead atoms. The summed E-state index contributed by atoms with van der Waals surface area (Å²) in [5.74, 6) is -0.353. The molecule has 0 unspecified atom stereocenters. The summed E-state index contributed by atoms with van der Waals surface area (Å²) in [5.41, 5.74) is 0.346. The van der Waals surface area contributed by atoms with E-state index >= 15 is 0 Å². The van der Waals surface area contributed by atoms with Crippen molar-refractivity contribution >= 4 is 23.2 Å². The van der Waals surface area contributed by atoms with Crippen LogP contribution >= 0.6 is 11.8 Å². The zero-order valence-electron chi connectivity index (χ0n) is 10.3. The number of halogens is 1. The van der Waals surface area contributed by atoms with Crippen LogP contribution in [0.5, 0.6) is 0 Å². The van der Waals surface area contributed by atoms with Gasteiger partial charge in [0.1, 0.15) is 5.82 Å². The number of hydrogen-bond acceptors (Lipinski definition) is 4. The number of ketones is 1. The third-order valence-electron chi connectivity index (χ3n) is 2.57. The van der Waals surface area contributed by atoms with Crippen LogP contribution in [0.4, 0.5) is 10.1 Å². The van der Waals surface area contributed by atoms with Gasteiger partial charge < -0.3 is 0 Å². The van der Waals surface area contributed by atoms with Gasteiger partial charge in [0.25, 0.3) is 5.69 Å². The fraction of sp³-hybridized carbons (Fsp3) is 0.0714. The van der Waals surface area contributed by atoms with E-state index in [1.54, 1.807) is 12.1 Å². The van der Waals surface area contributed by atoms with Crippen molar-refractivity contribution in [2.75, 3.05) is 5.75 Å². The molecule has 20 heavy (non-hydrogen) atoms. The van der Waals surface area contributed by atoms with Crippen LogP contribution in [-0.4, -0.2) is 16.5 Å². The highest BCUT2D eigenvalue weighted by Gasteiger charge is 2.10. The summed E-state index contributed by atoms with van der Waals surface area (Å²) < 4.78 is 13.0. The van der Waals surface area contributed by atoms with Gasteiger partial charge in [0.15, 0.2) is 5.78 Å². The fourth-order valence-corrected chi connectivity index (χ4v) is 2.39. The van der Waals surface area contributed by atoms with Crippen LogP contribution in [0, 0.1) is 15.9 Å². The van der Waals surface area contributed by atoms with Gasteiger partial charge in [-0.25, -0.2) is 4.39 Å². The van der Waals surface area contributed by atoms with Crippen molar-refractivity contribution in [2.45, 2.75) is 4.90 Å². The zero-order chi connectivity index (χ0) is 14.5. The lowest BCUT2D eigenvalue weighted by molar-refractivity contribution is -0.384. The largest absolute Gasteiger partial charge is 0.293 e. The van der Waals surface area contributed by atoms with E-state index in [0.29, 0.717) is 10.5 Å². The van der Waals surface area contributed by atoms with Gasteiger partial charge in [-0.05, 0) is 30.3 Å². The lowest BCUT2D eigenvalue weighted by Gasteiger charge is -2.02. The maximum atomic E-state index is 13.0. The number of carbonyl (C=O) groups excluding carboxylic acids is 1. The van der Waals surface area contributed by atoms with Gasteiger partial charge in [-0.15, -0.1) is 11.8 Å². The van der Waals surface area contributed by atoms with Crippen LogP contribution in [-0.2, 0) is 0 Å². The molecule has 0 amide bonds. The van der Waals surface area contributed by atoms with E-state index in [0.717, 1.165) is 0 Å². The minimum absolute atomic E-state index is 0.0562. The number of non-ortho nitro benzene ring substituents is 1. The molecule has 2 aromatic rings. The number of thioether (sulfide) groups is 1. The Kier molecular flexibility index (Phi) is 4.47. The maximum absolute atomic E-state index is 13.0. The number of hydrogen-bond donors (Lipinski definition) is 0. The Morgan fingerprint density at radius 3 is 2.50 bits per heavy atom. The molecule has 6 heteroatoms. The Bertz CT molecular complexity index is 643. The van der Waals surface area contributed by atoms with Crippen molar-refractivity contribution < 1.29 is 14.1 Å². The van der Waals surface area contributed by atoms with Crippen LogP contribution in [0.2, 0.25) is 0 Å². The number of benzene rings is 2. The Labute approximate surface area is 118 Å². The zero-order valence-corrected chi connectivity index (χ0v) is 11.1. The van der Waals surface area contributed by atoms with E-state index in [1.807, 2.05) is 0 Å². The van der Waals surface area contributed by atoms with Crippen LogP contribution < -0.4 is 0 Å². The number of nitro benzene ring substituents is 1. The first-order valence-electron chi connectivity index (χ1n) is 5.72. The molecule has 0 fully saturated rings. The highest BCUT2D eigenvalue weighted by molar-refractivity contribution is 8.00. The van der Waals surface area contributed by atoms with Gasteiger partial charge >= 0.3 is 0 Å². The van der Waals surface area contributed by atoms with Crippen molar-refractivity contribution in [2.24, 2.45) is 0 Å². The summed E-state index contributed by atoms with van der Waals surface area (Å²) >= 11 is 1.22. The molecule has 102 valence electrons. The molecule has 0 heterocycles. The number of carbonyl (C=O) groups is 1. The predicted octanol–water partition coefficient (Wildman–Crippen LogP) is 3.71. The minimum Gasteiger partial charge on any atom is -0.293 e. The van der Waals surface area contributed by atoms with Gasteiger partial charge in [-0.3, -0.25) is 14.9 Å². The van der Waals surface area contributed by atoms with E-state index in [-0.39, 0.29) is 23.0 Å². The highest BCUT2D eigenvalue weighted by Crippen LogP contribution is 2.20. The second-order valence-corrected chi connectivity index (χ2v) is 5.02. The third-order valence-corrected chi connectivity index (χ3v) is 3.56. The Morgan fingerprint density at radius 2 is 1.90 bits per heavy atom. The average molecular weight is 291 g/mol. The lowest BCUT2D eigenvalue weighted by Crippen LogP contribution is -2.02. The van der Waals surface area contributed by atoms with Crippen LogP contribution in [0.1, 0.15) is 10.4 Å². The lowest BCUT2D eigenvalue weighted by atomic mass is 10.1. The first-order chi connectivity index (χ1) is 9.56. The van der Waals surface area contributed by atoms with Gasteiger partial charge in [-0.2, -0.15) is 0 Å². The number of nitrogens with zero attached hydrogens (tertiary/aromatic N) is 1. The summed E-state index contributed by atoms with van der Waals surface area (Å²) in [6.07, 6.45) is 0. The summed E-state index contributed by atoms with van der Waals surface area (Å²) in [7, 11) is 0. The van der Waals surface area contributed by atoms with Crippen molar-refractivity contribution in [3.05, 3.63) is 70.0 Å². The van der Waals surface area contributed by atoms with Gasteiger partial charge in [0, 0.05) is 22.6 Å². The van der Waals surface area contributed by atoms with E-state index in [2.05, 4.69) is 0 Å². The molecule has 0 aromatic heterocycles. The number of nitro groups is 1. The fourth-order valence-electron chi connectivity index (χ4n) is 1.56. The van der Waals surface area contributed by atoms with Crippen molar-refractivity contribution in [1.29, 1.82) is 0 Å². The Hall–Kier alpha value is -2.21. The monoisotopic (exact) mass is 291 g/mol. The molecule has 0 radical (unpaired) electrons. The quantitative estimate of drug-likeness (QED) is 0.364. The summed E-state index contributed by atoms with van der Waals surface area (Å²) in [5, 5.41) is 10.5. The third kappa shape index (κ3) is 3.64. The highest BCUT2D eigenvalue weighted by atomic mass is 32.2. The van der Waals surface area contributed by atoms with E-state index in [9.17, 15) is 19.3 Å². The number of rotatable bonds is 5. The smallest absolute Gasteiger partial charge is 0.269 e. The van der Waals surface area contributed by atoms with E-state index in [1.165, 1.54) is 48.2 Å². The normalized spacial score (nSPS) is 10.2. The predicted molar refractivity (Wildman–Crippen MR) is 74.6 cm³/mol. The average Bonchev–Trinajstić information content (AvgIpc) is 2.45. The molecule has 0 aliphatic rings. The molecule has 0 N–H and O–H groups in total. The van der Waals surface area contributed by atoms with E-state index in [4.69, 9.17) is 0 Å². The number of Topliss-reactive ketones (excluding diaryl/α,β-unsaturated/α-hetero) is 1. The second-order valence-electron chi connectivity index (χ2n) is 3.97. The molecule has 0 saturated heterocycles. The summed E-state index contributed by atoms with van der Waals surface area (Å²) in [6, 6.07) is 11.4. The van der Waals surface area contributed by atoms with Gasteiger partial charge in [0.05, 0.1) is 10.7 Å². The molecule has 0 aliphatic heterocycles. The first kappa shape index (κ1) is 14.2. The van der Waals surface area contributed by atoms with Crippen molar-refractivity contribution in [3.8, 4) is 0 Å². The molecule has 4 nitrogen and oxygen atoms in total. The molecule has 0 spiro atoms. The Morgan fingerprint density at radius 1 is 1.20 bits per heavy atom. The topological polar surface area (TPSA) is 60.2 Å². The van der Waals surface area contributed by atoms with Crippen LogP contribution in [0.3, 0.4) is 0 Å². The molecular formula is C14H10FNO3S. The minimum atomic E-state index is -0.518. The van der Waals surface area contributed by atoms with Gasteiger partial charge in [0.2, 0.25) is 0 Å². The first-order valence-corrected chi connectivity index (χ1v) is 6.71. The van der Waals surface area contributed by atoms with Crippen LogP contribution in [0.25, 0.3) is 0 Å². The summed E-state index contributed by atoms with van der Waals surface area (Å²) in [4.78, 5) is 22.6. The SMILES string of the molecule is O=C(CSc1cccc(F)c1)c1ccc([N+](=O)[O-])cc1. The van der Waals surface area contributed by atoms with Crippen molar-refractivity contribution in [1.82, 2.24) is 0 Å². The molecule has 0 atom stereocenters. The standard InChI is InChI=1S/C14H10FNO3S/c15-11-2-1-3-13(8-11)20-9-14(17)10-4-6-12(7-5-10)16(18)19/h1-8H,9H2. The molecule has 2 aromatic carbocycles. The van der Waals surface area contributed by atoms with Gasteiger partial charge in [-0.1, -0.05) is 6.07 Å². The summed E-state index contributed by atoms with van der Waals surface area (Å²) in [6.45, 7) is 0. The Balaban J connectivity index is 1.99. The van der Waals surface area contributed by atoms with Crippen molar-refractivity contribution in [3.63, 3.8) is 0 Å².